The predicted octanol–water partition coefficient (Wildman–Crippen LogP) is 4.18. The molecule has 4 atom stereocenters. The van der Waals surface area contributed by atoms with Gasteiger partial charge in [-0.1, -0.05) is 19.3 Å². The molecule has 4 unspecified atom stereocenters. The second-order valence-corrected chi connectivity index (χ2v) is 12.8. The van der Waals surface area contributed by atoms with Gasteiger partial charge in [0.25, 0.3) is 0 Å². The lowest BCUT2D eigenvalue weighted by Gasteiger charge is -2.67. The molecule has 1 aromatic rings. The molecule has 5 fully saturated rings. The third-order valence-corrected chi connectivity index (χ3v) is 9.55. The van der Waals surface area contributed by atoms with Crippen molar-refractivity contribution in [2.45, 2.75) is 81.5 Å². The summed E-state index contributed by atoms with van der Waals surface area (Å²) in [6, 6.07) is 0. The van der Waals surface area contributed by atoms with E-state index in [0.29, 0.717) is 38.0 Å². The van der Waals surface area contributed by atoms with Gasteiger partial charge in [0, 0.05) is 17.8 Å². The topological polar surface area (TPSA) is 125 Å². The van der Waals surface area contributed by atoms with Crippen molar-refractivity contribution in [2.24, 2.45) is 22.7 Å². The minimum Gasteiger partial charge on any atom is -0.460 e. The van der Waals surface area contributed by atoms with E-state index in [0.717, 1.165) is 32.1 Å². The van der Waals surface area contributed by atoms with Crippen molar-refractivity contribution in [3.8, 4) is 0 Å². The van der Waals surface area contributed by atoms with Gasteiger partial charge in [-0.3, -0.25) is 4.55 Å². The molecule has 5 aliphatic carbocycles. The van der Waals surface area contributed by atoms with Crippen molar-refractivity contribution in [2.75, 3.05) is 6.61 Å². The van der Waals surface area contributed by atoms with Crippen LogP contribution in [0.5, 0.6) is 0 Å². The number of imidazole rings is 1. The Kier molecular flexibility index (Phi) is 5.78. The average Bonchev–Trinajstić information content (AvgIpc) is 3.31. The highest BCUT2D eigenvalue weighted by molar-refractivity contribution is 7.87. The lowest BCUT2D eigenvalue weighted by atomic mass is 9.39. The van der Waals surface area contributed by atoms with Gasteiger partial charge >= 0.3 is 27.4 Å². The van der Waals surface area contributed by atoms with Crippen LogP contribution in [0.25, 0.3) is 0 Å². The average molecular weight is 517 g/mol. The molecule has 1 aromatic heterocycles. The van der Waals surface area contributed by atoms with E-state index >= 15 is 0 Å². The monoisotopic (exact) mass is 516 g/mol. The first-order chi connectivity index (χ1) is 16.4. The van der Waals surface area contributed by atoms with Gasteiger partial charge in [-0.15, -0.1) is 0 Å². The number of nitrogens with zero attached hydrogens (tertiary/aromatic N) is 2. The molecule has 12 heteroatoms. The summed E-state index contributed by atoms with van der Waals surface area (Å²) in [5.74, 6) is -1.71. The van der Waals surface area contributed by atoms with Crippen LogP contribution in [0.15, 0.2) is 18.7 Å². The van der Waals surface area contributed by atoms with Crippen LogP contribution in [-0.4, -0.2) is 52.0 Å². The lowest BCUT2D eigenvalue weighted by Crippen LogP contribution is -2.64. The van der Waals surface area contributed by atoms with Crippen LogP contribution in [0.2, 0.25) is 0 Å². The van der Waals surface area contributed by atoms with Crippen molar-refractivity contribution in [1.82, 2.24) is 9.55 Å². The molecule has 5 saturated carbocycles. The first-order valence-electron chi connectivity index (χ1n) is 12.1. The van der Waals surface area contributed by atoms with E-state index in [1.54, 1.807) is 0 Å². The summed E-state index contributed by atoms with van der Waals surface area (Å²) < 4.78 is 70.8. The number of halogens is 2. The van der Waals surface area contributed by atoms with Gasteiger partial charge in [0.2, 0.25) is 0 Å². The Bertz CT molecular complexity index is 1110. The molecule has 0 aromatic carbocycles. The lowest BCUT2D eigenvalue weighted by molar-refractivity contribution is -0.231. The van der Waals surface area contributed by atoms with Crippen LogP contribution in [0.3, 0.4) is 0 Å². The molecular weight excluding hydrogens is 486 g/mol. The highest BCUT2D eigenvalue weighted by Gasteiger charge is 2.67. The Balaban J connectivity index is 1.44. The van der Waals surface area contributed by atoms with Gasteiger partial charge in [0.05, 0.1) is 6.61 Å². The van der Waals surface area contributed by atoms with Crippen molar-refractivity contribution in [3.63, 3.8) is 0 Å². The zero-order valence-corrected chi connectivity index (χ0v) is 20.1. The molecule has 35 heavy (non-hydrogen) atoms. The van der Waals surface area contributed by atoms with Crippen LogP contribution < -0.4 is 0 Å². The van der Waals surface area contributed by atoms with Crippen molar-refractivity contribution >= 4 is 22.2 Å². The van der Waals surface area contributed by atoms with Crippen LogP contribution in [0.4, 0.5) is 13.6 Å². The van der Waals surface area contributed by atoms with E-state index < -0.39 is 45.1 Å². The van der Waals surface area contributed by atoms with E-state index in [4.69, 9.17) is 14.0 Å². The largest absolute Gasteiger partial charge is 0.465 e. The standard InChI is InChI=1S/C23H30F2N2O7S/c24-23(25,35(30,31)32)18(28)33-14-20-8-16-9-21(11-20,17-4-2-1-3-5-17)13-22(10-16,12-20)34-19(29)27-7-6-26-15-27/h6-7,15-17H,1-5,8-14H2,(H,30,31,32). The predicted molar refractivity (Wildman–Crippen MR) is 117 cm³/mol. The number of carbonyl (C=O) groups excluding carboxylic acids is 2. The maximum absolute atomic E-state index is 13.9. The van der Waals surface area contributed by atoms with E-state index in [9.17, 15) is 26.8 Å². The second kappa shape index (κ2) is 8.22. The Morgan fingerprint density at radius 2 is 1.86 bits per heavy atom. The number of hydrogen-bond acceptors (Lipinski definition) is 7. The Morgan fingerprint density at radius 3 is 2.51 bits per heavy atom. The normalized spacial score (nSPS) is 35.1. The first-order valence-corrected chi connectivity index (χ1v) is 13.6. The molecule has 194 valence electrons. The van der Waals surface area contributed by atoms with Crippen molar-refractivity contribution in [3.05, 3.63) is 18.7 Å². The van der Waals surface area contributed by atoms with Crippen LogP contribution >= 0.6 is 0 Å². The molecule has 0 saturated heterocycles. The zero-order chi connectivity index (χ0) is 25.1. The molecule has 0 amide bonds. The van der Waals surface area contributed by atoms with E-state index in [1.165, 1.54) is 29.7 Å². The molecule has 4 bridgehead atoms. The fourth-order valence-corrected chi connectivity index (χ4v) is 8.35. The molecule has 5 aliphatic rings. The SMILES string of the molecule is O=C(OC12CC3CC(COC(=O)C(F)(F)S(=O)(=O)O)(C1)CC(C1CCCCC1)(C3)C2)n1ccnc1. The first kappa shape index (κ1) is 24.6. The number of ether oxygens (including phenoxy) is 2. The van der Waals surface area contributed by atoms with E-state index in [-0.39, 0.29) is 11.3 Å². The number of esters is 1. The molecule has 0 spiro atoms. The number of aromatic nitrogens is 2. The summed E-state index contributed by atoms with van der Waals surface area (Å²) in [5.41, 5.74) is -1.69. The maximum atomic E-state index is 13.9. The third kappa shape index (κ3) is 4.26. The molecule has 1 heterocycles. The van der Waals surface area contributed by atoms with Gasteiger partial charge < -0.3 is 9.47 Å². The zero-order valence-electron chi connectivity index (χ0n) is 19.3. The van der Waals surface area contributed by atoms with Gasteiger partial charge in [0.1, 0.15) is 11.9 Å². The van der Waals surface area contributed by atoms with Gasteiger partial charge in [-0.05, 0) is 68.6 Å². The minimum atomic E-state index is -5.95. The Morgan fingerprint density at radius 1 is 1.11 bits per heavy atom. The Hall–Kier alpha value is -2.08. The van der Waals surface area contributed by atoms with Crippen molar-refractivity contribution < 1.29 is 40.8 Å². The minimum absolute atomic E-state index is 0.160. The molecule has 0 aliphatic heterocycles. The number of hydrogen-bond donors (Lipinski definition) is 1. The summed E-state index contributed by atoms with van der Waals surface area (Å²) in [4.78, 5) is 28.8. The summed E-state index contributed by atoms with van der Waals surface area (Å²) in [5, 5.41) is -5.04. The second-order valence-electron chi connectivity index (χ2n) is 11.3. The number of carbonyl (C=O) groups is 2. The molecule has 6 rings (SSSR count). The molecule has 1 N–H and O–H groups in total. The quantitative estimate of drug-likeness (QED) is 0.441. The highest BCUT2D eigenvalue weighted by Crippen LogP contribution is 2.71. The maximum Gasteiger partial charge on any atom is 0.465 e. The molecule has 9 nitrogen and oxygen atoms in total. The van der Waals surface area contributed by atoms with E-state index in [2.05, 4.69) is 4.98 Å². The number of alkyl halides is 2. The summed E-state index contributed by atoms with van der Waals surface area (Å²) in [6.45, 7) is -0.410. The molecule has 0 radical (unpaired) electrons. The number of rotatable bonds is 6. The van der Waals surface area contributed by atoms with Crippen LogP contribution in [0, 0.1) is 22.7 Å². The van der Waals surface area contributed by atoms with E-state index in [1.807, 2.05) is 0 Å². The smallest absolute Gasteiger partial charge is 0.460 e. The van der Waals surface area contributed by atoms with Gasteiger partial charge in [-0.25, -0.2) is 19.1 Å². The summed E-state index contributed by atoms with van der Waals surface area (Å²) in [6.07, 6.45) is 13.2. The third-order valence-electron chi connectivity index (χ3n) is 8.74. The Labute approximate surface area is 202 Å². The highest BCUT2D eigenvalue weighted by atomic mass is 32.2. The van der Waals surface area contributed by atoms with Gasteiger partial charge in [-0.2, -0.15) is 17.2 Å². The van der Waals surface area contributed by atoms with Gasteiger partial charge in [0.15, 0.2) is 0 Å². The fourth-order valence-electron chi connectivity index (χ4n) is 8.08. The van der Waals surface area contributed by atoms with Crippen LogP contribution in [-0.2, 0) is 24.4 Å². The van der Waals surface area contributed by atoms with Crippen molar-refractivity contribution in [1.29, 1.82) is 0 Å². The van der Waals surface area contributed by atoms with Crippen LogP contribution in [0.1, 0.15) is 70.6 Å². The molecular formula is C23H30F2N2O7S. The summed E-state index contributed by atoms with van der Waals surface area (Å²) >= 11 is 0. The summed E-state index contributed by atoms with van der Waals surface area (Å²) in [7, 11) is -5.95. The fraction of sp³-hybridized carbons (Fsp3) is 0.783.